The van der Waals surface area contributed by atoms with Crippen molar-refractivity contribution in [2.45, 2.75) is 32.9 Å². The quantitative estimate of drug-likeness (QED) is 0.468. The summed E-state index contributed by atoms with van der Waals surface area (Å²) in [4.78, 5) is 6.50. The molecule has 4 rings (SSSR count). The van der Waals surface area contributed by atoms with Gasteiger partial charge in [-0.3, -0.25) is 5.41 Å². The lowest BCUT2D eigenvalue weighted by molar-refractivity contribution is 0.128. The highest BCUT2D eigenvalue weighted by molar-refractivity contribution is 7.11. The van der Waals surface area contributed by atoms with E-state index in [-0.39, 0.29) is 23.7 Å². The Labute approximate surface area is 191 Å². The summed E-state index contributed by atoms with van der Waals surface area (Å²) < 4.78 is 6.08. The van der Waals surface area contributed by atoms with Crippen molar-refractivity contribution < 1.29 is 9.84 Å². The molecule has 7 heteroatoms. The van der Waals surface area contributed by atoms with Gasteiger partial charge in [0, 0.05) is 28.1 Å². The normalized spacial score (nSPS) is 14.5. The summed E-state index contributed by atoms with van der Waals surface area (Å²) in [6.07, 6.45) is 0. The highest BCUT2D eigenvalue weighted by Gasteiger charge is 2.31. The number of thiazole rings is 1. The molecular formula is C24H24ClN3O2S. The number of benzene rings is 2. The van der Waals surface area contributed by atoms with Crippen molar-refractivity contribution in [1.29, 1.82) is 5.41 Å². The maximum atomic E-state index is 10.6. The van der Waals surface area contributed by atoms with E-state index in [0.717, 1.165) is 22.6 Å². The molecule has 160 valence electrons. The van der Waals surface area contributed by atoms with Crippen molar-refractivity contribution in [2.75, 3.05) is 6.54 Å². The fourth-order valence-corrected chi connectivity index (χ4v) is 4.43. The number of amidine groups is 1. The molecule has 0 spiro atoms. The van der Waals surface area contributed by atoms with E-state index in [1.165, 1.54) is 11.3 Å². The third-order valence-corrected chi connectivity index (χ3v) is 5.90. The van der Waals surface area contributed by atoms with Crippen LogP contribution in [-0.2, 0) is 6.54 Å². The third-order valence-electron chi connectivity index (χ3n) is 4.79. The van der Waals surface area contributed by atoms with Crippen molar-refractivity contribution in [2.24, 2.45) is 0 Å². The Balaban J connectivity index is 1.54. The summed E-state index contributed by atoms with van der Waals surface area (Å²) in [5, 5.41) is 22.6. The van der Waals surface area contributed by atoms with Gasteiger partial charge in [0.25, 0.3) is 0 Å². The second kappa shape index (κ2) is 8.36. The van der Waals surface area contributed by atoms with Gasteiger partial charge >= 0.3 is 0 Å². The minimum atomic E-state index is -0.320. The number of nitrogens with one attached hydrogen (secondary N) is 1. The van der Waals surface area contributed by atoms with E-state index in [1.807, 2.05) is 79.6 Å². The number of halogens is 1. The average Bonchev–Trinajstić information content (AvgIpc) is 3.27. The van der Waals surface area contributed by atoms with E-state index in [0.29, 0.717) is 22.1 Å². The molecule has 3 aromatic rings. The SMILES string of the molecule is CC(C)(C)Oc1ccccc1CN1CC(O)=C(c2nc(-c3ccc(Cl)cc3)cs2)C1=N. The first kappa shape index (κ1) is 21.4. The van der Waals surface area contributed by atoms with Gasteiger partial charge in [0.05, 0.1) is 17.8 Å². The Bertz CT molecular complexity index is 1150. The van der Waals surface area contributed by atoms with E-state index < -0.39 is 0 Å². The zero-order valence-electron chi connectivity index (χ0n) is 17.6. The van der Waals surface area contributed by atoms with Gasteiger partial charge in [0.2, 0.25) is 0 Å². The Morgan fingerprint density at radius 1 is 1.16 bits per heavy atom. The summed E-state index contributed by atoms with van der Waals surface area (Å²) in [6, 6.07) is 15.3. The van der Waals surface area contributed by atoms with Crippen molar-refractivity contribution in [1.82, 2.24) is 9.88 Å². The Kier molecular flexibility index (Phi) is 5.77. The Morgan fingerprint density at radius 2 is 1.87 bits per heavy atom. The molecule has 0 saturated heterocycles. The van der Waals surface area contributed by atoms with Crippen molar-refractivity contribution >= 4 is 34.3 Å². The van der Waals surface area contributed by atoms with Crippen molar-refractivity contribution in [3.8, 4) is 17.0 Å². The molecule has 0 amide bonds. The molecule has 5 nitrogen and oxygen atoms in total. The molecule has 0 bridgehead atoms. The third kappa shape index (κ3) is 4.75. The molecule has 2 aromatic carbocycles. The second-order valence-electron chi connectivity index (χ2n) is 8.39. The molecule has 0 radical (unpaired) electrons. The summed E-state index contributed by atoms with van der Waals surface area (Å²) in [5.41, 5.74) is 2.88. The molecule has 0 aliphatic carbocycles. The summed E-state index contributed by atoms with van der Waals surface area (Å²) in [7, 11) is 0. The van der Waals surface area contributed by atoms with Crippen LogP contribution in [0.25, 0.3) is 16.8 Å². The van der Waals surface area contributed by atoms with E-state index in [4.69, 9.17) is 21.7 Å². The predicted molar refractivity (Wildman–Crippen MR) is 127 cm³/mol. The van der Waals surface area contributed by atoms with Crippen LogP contribution >= 0.6 is 22.9 Å². The van der Waals surface area contributed by atoms with E-state index in [1.54, 1.807) is 0 Å². The number of hydrogen-bond acceptors (Lipinski definition) is 5. The molecule has 2 N–H and O–H groups in total. The van der Waals surface area contributed by atoms with Crippen LogP contribution in [0.4, 0.5) is 0 Å². The number of hydrogen-bond donors (Lipinski definition) is 2. The molecular weight excluding hydrogens is 430 g/mol. The minimum Gasteiger partial charge on any atom is -0.510 e. The van der Waals surface area contributed by atoms with Crippen LogP contribution in [0.5, 0.6) is 5.75 Å². The van der Waals surface area contributed by atoms with Gasteiger partial charge in [-0.25, -0.2) is 4.98 Å². The number of ether oxygens (including phenoxy) is 1. The van der Waals surface area contributed by atoms with E-state index >= 15 is 0 Å². The molecule has 0 unspecified atom stereocenters. The molecule has 31 heavy (non-hydrogen) atoms. The molecule has 2 heterocycles. The number of rotatable bonds is 5. The van der Waals surface area contributed by atoms with Crippen LogP contribution in [0.2, 0.25) is 5.02 Å². The number of aliphatic hydroxyl groups excluding tert-OH is 1. The smallest absolute Gasteiger partial charge is 0.135 e. The fraction of sp³-hybridized carbons (Fsp3) is 0.250. The van der Waals surface area contributed by atoms with Gasteiger partial charge in [-0.2, -0.15) is 0 Å². The lowest BCUT2D eigenvalue weighted by atomic mass is 10.1. The molecule has 1 aromatic heterocycles. The van der Waals surface area contributed by atoms with Crippen LogP contribution in [0, 0.1) is 5.41 Å². The Morgan fingerprint density at radius 3 is 2.58 bits per heavy atom. The van der Waals surface area contributed by atoms with Gasteiger partial charge < -0.3 is 14.7 Å². The standard InChI is InChI=1S/C24H24ClN3O2S/c1-24(2,3)30-20-7-5-4-6-16(20)12-28-13-19(29)21(22(28)26)23-27-18(14-31-23)15-8-10-17(25)11-9-15/h4-11,14,26,29H,12-13H2,1-3H3. The molecule has 0 fully saturated rings. The lowest BCUT2D eigenvalue weighted by Crippen LogP contribution is -2.28. The summed E-state index contributed by atoms with van der Waals surface area (Å²) >= 11 is 7.39. The molecule has 0 atom stereocenters. The van der Waals surface area contributed by atoms with Gasteiger partial charge in [-0.05, 0) is 39.0 Å². The highest BCUT2D eigenvalue weighted by atomic mass is 35.5. The van der Waals surface area contributed by atoms with E-state index in [9.17, 15) is 5.11 Å². The molecule has 1 aliphatic rings. The lowest BCUT2D eigenvalue weighted by Gasteiger charge is -2.25. The number of para-hydroxylation sites is 1. The zero-order chi connectivity index (χ0) is 22.2. The van der Waals surface area contributed by atoms with Crippen LogP contribution < -0.4 is 4.74 Å². The van der Waals surface area contributed by atoms with E-state index in [2.05, 4.69) is 4.98 Å². The van der Waals surface area contributed by atoms with Gasteiger partial charge in [-0.15, -0.1) is 11.3 Å². The number of aromatic nitrogens is 1. The molecule has 0 saturated carbocycles. The van der Waals surface area contributed by atoms with Crippen molar-refractivity contribution in [3.63, 3.8) is 0 Å². The average molecular weight is 454 g/mol. The van der Waals surface area contributed by atoms with Gasteiger partial charge in [-0.1, -0.05) is 41.9 Å². The van der Waals surface area contributed by atoms with Crippen LogP contribution in [-0.4, -0.2) is 33.0 Å². The fourth-order valence-electron chi connectivity index (χ4n) is 3.40. The van der Waals surface area contributed by atoms with Crippen LogP contribution in [0.3, 0.4) is 0 Å². The second-order valence-corrected chi connectivity index (χ2v) is 9.69. The monoisotopic (exact) mass is 453 g/mol. The predicted octanol–water partition coefficient (Wildman–Crippen LogP) is 6.40. The number of nitrogens with zero attached hydrogens (tertiary/aromatic N) is 2. The van der Waals surface area contributed by atoms with Crippen LogP contribution in [0.15, 0.2) is 59.7 Å². The van der Waals surface area contributed by atoms with Gasteiger partial charge in [0.15, 0.2) is 0 Å². The zero-order valence-corrected chi connectivity index (χ0v) is 19.2. The Hall–Kier alpha value is -2.83. The first-order valence-corrected chi connectivity index (χ1v) is 11.2. The van der Waals surface area contributed by atoms with Crippen molar-refractivity contribution in [3.05, 3.63) is 75.3 Å². The summed E-state index contributed by atoms with van der Waals surface area (Å²) in [6.45, 7) is 6.76. The first-order valence-electron chi connectivity index (χ1n) is 9.96. The highest BCUT2D eigenvalue weighted by Crippen LogP contribution is 2.34. The largest absolute Gasteiger partial charge is 0.510 e. The maximum absolute atomic E-state index is 10.6. The topological polar surface area (TPSA) is 69.4 Å². The number of aliphatic hydroxyl groups is 1. The maximum Gasteiger partial charge on any atom is 0.135 e. The minimum absolute atomic E-state index is 0.163. The summed E-state index contributed by atoms with van der Waals surface area (Å²) in [5.74, 6) is 1.21. The van der Waals surface area contributed by atoms with Gasteiger partial charge in [0.1, 0.15) is 28.0 Å². The van der Waals surface area contributed by atoms with Crippen LogP contribution in [0.1, 0.15) is 31.3 Å². The first-order chi connectivity index (χ1) is 14.7. The molecule has 1 aliphatic heterocycles.